The number of thiazole rings is 1. The number of aromatic nitrogens is 3. The lowest BCUT2D eigenvalue weighted by molar-refractivity contribution is 0.189. The first kappa shape index (κ1) is 18.9. The smallest absolute Gasteiger partial charge is 0.193 e. The van der Waals surface area contributed by atoms with E-state index in [1.54, 1.807) is 0 Å². The average Bonchev–Trinajstić information content (AvgIpc) is 3.33. The van der Waals surface area contributed by atoms with E-state index in [1.807, 2.05) is 30.1 Å². The molecule has 2 atom stereocenters. The van der Waals surface area contributed by atoms with Crippen molar-refractivity contribution in [2.24, 2.45) is 10.9 Å². The zero-order valence-corrected chi connectivity index (χ0v) is 16.9. The number of rotatable bonds is 6. The molecule has 26 heavy (non-hydrogen) atoms. The highest BCUT2D eigenvalue weighted by Gasteiger charge is 2.28. The number of likely N-dealkylation sites (tertiary alicyclic amines) is 1. The first-order chi connectivity index (χ1) is 12.7. The Kier molecular flexibility index (Phi) is 6.66. The molecule has 3 heterocycles. The lowest BCUT2D eigenvalue weighted by Crippen LogP contribution is -2.49. The fraction of sp³-hybridized carbons (Fsp3) is 0.632. The Morgan fingerprint density at radius 3 is 3.00 bits per heavy atom. The summed E-state index contributed by atoms with van der Waals surface area (Å²) < 4.78 is 2.24. The highest BCUT2D eigenvalue weighted by Crippen LogP contribution is 2.27. The summed E-state index contributed by atoms with van der Waals surface area (Å²) in [5, 5.41) is 4.65. The molecule has 6 nitrogen and oxygen atoms in total. The number of nitrogens with zero attached hydrogens (tertiary/aromatic N) is 5. The van der Waals surface area contributed by atoms with Gasteiger partial charge >= 0.3 is 0 Å². The second-order valence-electron chi connectivity index (χ2n) is 6.85. The van der Waals surface area contributed by atoms with E-state index in [-0.39, 0.29) is 0 Å². The second-order valence-corrected chi connectivity index (χ2v) is 8.05. The quantitative estimate of drug-likeness (QED) is 0.624. The lowest BCUT2D eigenvalue weighted by atomic mass is 9.93. The van der Waals surface area contributed by atoms with Crippen molar-refractivity contribution in [2.45, 2.75) is 46.1 Å². The fourth-order valence-electron chi connectivity index (χ4n) is 3.41. The monoisotopic (exact) mass is 374 g/mol. The van der Waals surface area contributed by atoms with Crippen molar-refractivity contribution in [1.82, 2.24) is 24.8 Å². The number of guanidine groups is 1. The summed E-state index contributed by atoms with van der Waals surface area (Å²) in [5.74, 6) is 1.67. The average molecular weight is 375 g/mol. The summed E-state index contributed by atoms with van der Waals surface area (Å²) in [7, 11) is 0. The van der Waals surface area contributed by atoms with Crippen molar-refractivity contribution in [1.29, 1.82) is 0 Å². The molecule has 0 saturated carbocycles. The van der Waals surface area contributed by atoms with Gasteiger partial charge in [0.2, 0.25) is 0 Å². The van der Waals surface area contributed by atoms with Gasteiger partial charge in [-0.05, 0) is 25.7 Å². The van der Waals surface area contributed by atoms with Gasteiger partial charge in [-0.15, -0.1) is 11.3 Å². The maximum absolute atomic E-state index is 4.88. The van der Waals surface area contributed by atoms with E-state index in [0.717, 1.165) is 45.0 Å². The van der Waals surface area contributed by atoms with Crippen LogP contribution in [0.3, 0.4) is 0 Å². The first-order valence-electron chi connectivity index (χ1n) is 9.65. The van der Waals surface area contributed by atoms with Gasteiger partial charge in [-0.1, -0.05) is 13.8 Å². The van der Waals surface area contributed by atoms with Gasteiger partial charge in [-0.25, -0.2) is 9.97 Å². The van der Waals surface area contributed by atoms with Crippen LogP contribution in [0.5, 0.6) is 0 Å². The number of hydrogen-bond acceptors (Lipinski definition) is 4. The number of piperidine rings is 1. The minimum atomic E-state index is 0.446. The van der Waals surface area contributed by atoms with E-state index in [4.69, 9.17) is 4.99 Å². The maximum atomic E-state index is 4.88. The van der Waals surface area contributed by atoms with Crippen LogP contribution < -0.4 is 5.32 Å². The number of aliphatic imine (C=N–C) groups is 1. The Balaban J connectivity index is 1.64. The molecular weight excluding hydrogens is 344 g/mol. The predicted molar refractivity (Wildman–Crippen MR) is 108 cm³/mol. The van der Waals surface area contributed by atoms with Crippen LogP contribution in [0.15, 0.2) is 29.9 Å². The van der Waals surface area contributed by atoms with Crippen molar-refractivity contribution < 1.29 is 0 Å². The topological polar surface area (TPSA) is 58.3 Å². The summed E-state index contributed by atoms with van der Waals surface area (Å²) in [6, 6.07) is 0.446. The molecule has 0 aliphatic carbocycles. The van der Waals surface area contributed by atoms with Crippen LogP contribution in [0.1, 0.15) is 43.1 Å². The zero-order chi connectivity index (χ0) is 18.4. The molecule has 2 unspecified atom stereocenters. The Morgan fingerprint density at radius 2 is 2.31 bits per heavy atom. The molecule has 7 heteroatoms. The normalized spacial score (nSPS) is 21.2. The van der Waals surface area contributed by atoms with Gasteiger partial charge in [0.15, 0.2) is 5.96 Å². The standard InChI is InChI=1S/C19H30N6S/c1-4-16-12-23-18(26-16)6-8-22-19(21-5-2)24-10-7-15(3)17(13-24)25-11-9-20-14-25/h9,11-12,14-15,17H,4-8,10,13H2,1-3H3,(H,21,22). The van der Waals surface area contributed by atoms with E-state index in [1.165, 1.54) is 16.3 Å². The number of aryl methyl sites for hydroxylation is 1. The summed E-state index contributed by atoms with van der Waals surface area (Å²) in [6.45, 7) is 10.3. The Labute approximate surface area is 160 Å². The molecule has 1 N–H and O–H groups in total. The van der Waals surface area contributed by atoms with Crippen molar-refractivity contribution in [2.75, 3.05) is 26.2 Å². The van der Waals surface area contributed by atoms with Crippen molar-refractivity contribution in [3.63, 3.8) is 0 Å². The van der Waals surface area contributed by atoms with Gasteiger partial charge in [-0.2, -0.15) is 0 Å². The maximum Gasteiger partial charge on any atom is 0.193 e. The number of nitrogens with one attached hydrogen (secondary N) is 1. The summed E-state index contributed by atoms with van der Waals surface area (Å²) >= 11 is 1.81. The molecule has 0 aromatic carbocycles. The van der Waals surface area contributed by atoms with E-state index in [9.17, 15) is 0 Å². The molecule has 1 saturated heterocycles. The van der Waals surface area contributed by atoms with Gasteiger partial charge in [0.05, 0.1) is 17.4 Å². The summed E-state index contributed by atoms with van der Waals surface area (Å²) in [4.78, 5) is 17.4. The summed E-state index contributed by atoms with van der Waals surface area (Å²) in [6.07, 6.45) is 11.0. The van der Waals surface area contributed by atoms with Gasteiger partial charge in [0.1, 0.15) is 0 Å². The van der Waals surface area contributed by atoms with Crippen LogP contribution in [-0.4, -0.2) is 51.6 Å². The van der Waals surface area contributed by atoms with Gasteiger partial charge in [0, 0.05) is 56.1 Å². The Morgan fingerprint density at radius 1 is 1.42 bits per heavy atom. The molecule has 0 spiro atoms. The molecule has 1 fully saturated rings. The zero-order valence-electron chi connectivity index (χ0n) is 16.1. The molecule has 0 radical (unpaired) electrons. The van der Waals surface area contributed by atoms with Crippen molar-refractivity contribution in [3.8, 4) is 0 Å². The highest BCUT2D eigenvalue weighted by molar-refractivity contribution is 7.11. The van der Waals surface area contributed by atoms with Crippen LogP contribution in [0, 0.1) is 5.92 Å². The van der Waals surface area contributed by atoms with E-state index in [0.29, 0.717) is 12.0 Å². The van der Waals surface area contributed by atoms with Crippen LogP contribution >= 0.6 is 11.3 Å². The highest BCUT2D eigenvalue weighted by atomic mass is 32.1. The molecule has 1 aliphatic rings. The van der Waals surface area contributed by atoms with Crippen molar-refractivity contribution in [3.05, 3.63) is 34.8 Å². The lowest BCUT2D eigenvalue weighted by Gasteiger charge is -2.39. The predicted octanol–water partition coefficient (Wildman–Crippen LogP) is 2.99. The Hall–Kier alpha value is -1.89. The third-order valence-corrected chi connectivity index (χ3v) is 6.20. The molecule has 3 rings (SSSR count). The Bertz CT molecular complexity index is 693. The minimum absolute atomic E-state index is 0.446. The largest absolute Gasteiger partial charge is 0.357 e. The minimum Gasteiger partial charge on any atom is -0.357 e. The van der Waals surface area contributed by atoms with E-state index >= 15 is 0 Å². The van der Waals surface area contributed by atoms with Gasteiger partial charge in [-0.3, -0.25) is 4.99 Å². The van der Waals surface area contributed by atoms with Crippen LogP contribution in [0.2, 0.25) is 0 Å². The molecule has 142 valence electrons. The summed E-state index contributed by atoms with van der Waals surface area (Å²) in [5.41, 5.74) is 0. The molecular formula is C19H30N6S. The molecule has 0 amide bonds. The fourth-order valence-corrected chi connectivity index (χ4v) is 4.26. The molecule has 1 aliphatic heterocycles. The second kappa shape index (κ2) is 9.16. The van der Waals surface area contributed by atoms with E-state index in [2.05, 4.69) is 51.7 Å². The number of hydrogen-bond donors (Lipinski definition) is 1. The SMILES string of the molecule is CCNC(=NCCc1ncc(CC)s1)N1CCC(C)C(n2ccnc2)C1. The molecule has 2 aromatic rings. The van der Waals surface area contributed by atoms with Crippen LogP contribution in [0.4, 0.5) is 0 Å². The molecule has 0 bridgehead atoms. The van der Waals surface area contributed by atoms with Gasteiger partial charge < -0.3 is 14.8 Å². The number of imidazole rings is 1. The van der Waals surface area contributed by atoms with E-state index < -0.39 is 0 Å². The molecule has 2 aromatic heterocycles. The third kappa shape index (κ3) is 4.63. The van der Waals surface area contributed by atoms with Gasteiger partial charge in [0.25, 0.3) is 0 Å². The van der Waals surface area contributed by atoms with Crippen LogP contribution in [0.25, 0.3) is 0 Å². The third-order valence-electron chi connectivity index (χ3n) is 5.00. The first-order valence-corrected chi connectivity index (χ1v) is 10.5. The van der Waals surface area contributed by atoms with Crippen molar-refractivity contribution >= 4 is 17.3 Å². The van der Waals surface area contributed by atoms with Crippen LogP contribution in [-0.2, 0) is 12.8 Å².